The number of carbonyl (C=O) groups is 1. The van der Waals surface area contributed by atoms with Crippen molar-refractivity contribution in [3.05, 3.63) is 65.1 Å². The second kappa shape index (κ2) is 9.47. The zero-order valence-corrected chi connectivity index (χ0v) is 20.9. The Labute approximate surface area is 210 Å². The molecule has 6 rings (SSSR count). The number of thiophene rings is 1. The van der Waals surface area contributed by atoms with Crippen molar-refractivity contribution in [1.29, 1.82) is 0 Å². The molecule has 1 amide bonds. The molecule has 0 radical (unpaired) electrons. The summed E-state index contributed by atoms with van der Waals surface area (Å²) in [6.07, 6.45) is 8.60. The minimum Gasteiger partial charge on any atom is -0.369 e. The third-order valence-corrected chi connectivity index (χ3v) is 8.32. The van der Waals surface area contributed by atoms with Gasteiger partial charge in [0.25, 0.3) is 5.91 Å². The Bertz CT molecular complexity index is 1330. The van der Waals surface area contributed by atoms with Crippen LogP contribution in [0.3, 0.4) is 0 Å². The molecule has 0 bridgehead atoms. The third-order valence-electron chi connectivity index (χ3n) is 7.39. The first kappa shape index (κ1) is 22.3. The fourth-order valence-electron chi connectivity index (χ4n) is 5.22. The minimum absolute atomic E-state index is 0.0456. The van der Waals surface area contributed by atoms with Gasteiger partial charge in [0, 0.05) is 55.0 Å². The van der Waals surface area contributed by atoms with Gasteiger partial charge in [-0.3, -0.25) is 9.20 Å². The standard InChI is InChI=1S/C28H31N5OS/c1-31-12-14-32(15-13-31)24-8-6-20(7-9-24)21-10-11-33-25(18-29-27(33)17-21)22-16-26(35-19-22)28(34)30-23-4-2-3-5-23/h6-11,16-19,23H,2-5,12-15H2,1H3,(H,30,34). The molecule has 0 unspecified atom stereocenters. The van der Waals surface area contributed by atoms with Crippen LogP contribution < -0.4 is 10.2 Å². The Kier molecular flexibility index (Phi) is 6.04. The predicted octanol–water partition coefficient (Wildman–Crippen LogP) is 5.15. The van der Waals surface area contributed by atoms with E-state index in [0.29, 0.717) is 6.04 Å². The van der Waals surface area contributed by atoms with Crippen molar-refractivity contribution >= 4 is 28.6 Å². The minimum atomic E-state index is 0.0456. The van der Waals surface area contributed by atoms with Gasteiger partial charge in [-0.05, 0) is 61.3 Å². The van der Waals surface area contributed by atoms with Crippen molar-refractivity contribution in [3.8, 4) is 22.4 Å². The molecule has 3 aromatic heterocycles. The van der Waals surface area contributed by atoms with Crippen LogP contribution in [0, 0.1) is 0 Å². The molecule has 0 atom stereocenters. The highest BCUT2D eigenvalue weighted by molar-refractivity contribution is 7.12. The van der Waals surface area contributed by atoms with Crippen LogP contribution in [0.2, 0.25) is 0 Å². The first-order valence-corrected chi connectivity index (χ1v) is 13.4. The number of imidazole rings is 1. The molecule has 1 saturated carbocycles. The SMILES string of the molecule is CN1CCN(c2ccc(-c3ccn4c(-c5csc(C(=O)NC6CCCC6)c5)cnc4c3)cc2)CC1. The molecule has 4 aromatic rings. The Morgan fingerprint density at radius 3 is 2.51 bits per heavy atom. The summed E-state index contributed by atoms with van der Waals surface area (Å²) in [5.74, 6) is 0.0456. The molecule has 2 fully saturated rings. The number of piperazine rings is 1. The number of nitrogens with zero attached hydrogens (tertiary/aromatic N) is 4. The number of fused-ring (bicyclic) bond motifs is 1. The van der Waals surface area contributed by atoms with E-state index in [9.17, 15) is 4.79 Å². The summed E-state index contributed by atoms with van der Waals surface area (Å²) in [4.78, 5) is 22.9. The first-order chi connectivity index (χ1) is 17.1. The van der Waals surface area contributed by atoms with Gasteiger partial charge in [0.2, 0.25) is 0 Å². The van der Waals surface area contributed by atoms with Crippen LogP contribution in [-0.2, 0) is 0 Å². The second-order valence-electron chi connectivity index (χ2n) is 9.78. The van der Waals surface area contributed by atoms with Crippen LogP contribution in [0.25, 0.3) is 28.0 Å². The van der Waals surface area contributed by atoms with Crippen molar-refractivity contribution in [1.82, 2.24) is 19.6 Å². The van der Waals surface area contributed by atoms with Crippen molar-refractivity contribution in [3.63, 3.8) is 0 Å². The smallest absolute Gasteiger partial charge is 0.261 e. The zero-order valence-electron chi connectivity index (χ0n) is 20.1. The van der Waals surface area contributed by atoms with Gasteiger partial charge in [0.05, 0.1) is 16.8 Å². The molecule has 1 aliphatic carbocycles. The molecule has 0 spiro atoms. The van der Waals surface area contributed by atoms with Gasteiger partial charge < -0.3 is 15.1 Å². The third kappa shape index (κ3) is 4.58. The number of hydrogen-bond acceptors (Lipinski definition) is 5. The highest BCUT2D eigenvalue weighted by Crippen LogP contribution is 2.30. The molecule has 1 aliphatic heterocycles. The Balaban J connectivity index is 1.19. The van der Waals surface area contributed by atoms with E-state index >= 15 is 0 Å². The molecule has 2 aliphatic rings. The van der Waals surface area contributed by atoms with Crippen molar-refractivity contribution in [2.24, 2.45) is 0 Å². The average Bonchev–Trinajstić information content (AvgIpc) is 3.65. The summed E-state index contributed by atoms with van der Waals surface area (Å²) in [6.45, 7) is 4.37. The largest absolute Gasteiger partial charge is 0.369 e. The normalized spacial score (nSPS) is 17.3. The van der Waals surface area contributed by atoms with Crippen LogP contribution in [0.5, 0.6) is 0 Å². The maximum Gasteiger partial charge on any atom is 0.261 e. The summed E-state index contributed by atoms with van der Waals surface area (Å²) in [5, 5.41) is 5.24. The Morgan fingerprint density at radius 2 is 1.74 bits per heavy atom. The molecule has 35 heavy (non-hydrogen) atoms. The molecule has 7 heteroatoms. The number of carbonyl (C=O) groups excluding carboxylic acids is 1. The number of hydrogen-bond donors (Lipinski definition) is 1. The zero-order chi connectivity index (χ0) is 23.8. The summed E-state index contributed by atoms with van der Waals surface area (Å²) >= 11 is 1.50. The topological polar surface area (TPSA) is 52.9 Å². The van der Waals surface area contributed by atoms with E-state index in [-0.39, 0.29) is 5.91 Å². The van der Waals surface area contributed by atoms with Crippen molar-refractivity contribution < 1.29 is 4.79 Å². The maximum atomic E-state index is 12.7. The number of pyridine rings is 1. The monoisotopic (exact) mass is 485 g/mol. The van der Waals surface area contributed by atoms with E-state index in [1.165, 1.54) is 35.4 Å². The summed E-state index contributed by atoms with van der Waals surface area (Å²) in [5.41, 5.74) is 6.58. The molecular formula is C28H31N5OS. The van der Waals surface area contributed by atoms with Crippen LogP contribution in [0.4, 0.5) is 5.69 Å². The summed E-state index contributed by atoms with van der Waals surface area (Å²) in [7, 11) is 2.18. The number of likely N-dealkylation sites (N-methyl/N-ethyl adjacent to an activating group) is 1. The van der Waals surface area contributed by atoms with E-state index < -0.39 is 0 Å². The van der Waals surface area contributed by atoms with Gasteiger partial charge in [-0.2, -0.15) is 0 Å². The Hall–Kier alpha value is -3.16. The molecule has 1 N–H and O–H groups in total. The number of amides is 1. The summed E-state index contributed by atoms with van der Waals surface area (Å²) in [6, 6.07) is 15.5. The number of benzene rings is 1. The van der Waals surface area contributed by atoms with E-state index in [1.807, 2.05) is 12.3 Å². The average molecular weight is 486 g/mol. The molecule has 1 aromatic carbocycles. The quantitative estimate of drug-likeness (QED) is 0.425. The second-order valence-corrected chi connectivity index (χ2v) is 10.7. The van der Waals surface area contributed by atoms with Crippen LogP contribution >= 0.6 is 11.3 Å². The van der Waals surface area contributed by atoms with Gasteiger partial charge in [-0.1, -0.05) is 25.0 Å². The number of nitrogens with one attached hydrogen (secondary N) is 1. The fourth-order valence-corrected chi connectivity index (χ4v) is 6.02. The van der Waals surface area contributed by atoms with E-state index in [0.717, 1.165) is 66.4 Å². The van der Waals surface area contributed by atoms with Gasteiger partial charge in [-0.15, -0.1) is 11.3 Å². The van der Waals surface area contributed by atoms with E-state index in [2.05, 4.69) is 79.5 Å². The van der Waals surface area contributed by atoms with Crippen LogP contribution in [-0.4, -0.2) is 59.5 Å². The van der Waals surface area contributed by atoms with Crippen molar-refractivity contribution in [2.75, 3.05) is 38.1 Å². The number of anilines is 1. The first-order valence-electron chi connectivity index (χ1n) is 12.5. The molecule has 180 valence electrons. The highest BCUT2D eigenvalue weighted by atomic mass is 32.1. The van der Waals surface area contributed by atoms with Gasteiger partial charge >= 0.3 is 0 Å². The highest BCUT2D eigenvalue weighted by Gasteiger charge is 2.20. The van der Waals surface area contributed by atoms with Crippen molar-refractivity contribution in [2.45, 2.75) is 31.7 Å². The molecule has 1 saturated heterocycles. The lowest BCUT2D eigenvalue weighted by Crippen LogP contribution is -2.44. The van der Waals surface area contributed by atoms with Gasteiger partial charge in [0.15, 0.2) is 0 Å². The fraction of sp³-hybridized carbons (Fsp3) is 0.357. The van der Waals surface area contributed by atoms with Crippen LogP contribution in [0.15, 0.2) is 60.2 Å². The Morgan fingerprint density at radius 1 is 0.971 bits per heavy atom. The van der Waals surface area contributed by atoms with E-state index in [4.69, 9.17) is 0 Å². The predicted molar refractivity (Wildman–Crippen MR) is 143 cm³/mol. The number of rotatable bonds is 5. The molecule has 4 heterocycles. The maximum absolute atomic E-state index is 12.7. The lowest BCUT2D eigenvalue weighted by atomic mass is 10.1. The lowest BCUT2D eigenvalue weighted by Gasteiger charge is -2.34. The summed E-state index contributed by atoms with van der Waals surface area (Å²) < 4.78 is 2.10. The number of aromatic nitrogens is 2. The molecule has 6 nitrogen and oxygen atoms in total. The van der Waals surface area contributed by atoms with Crippen LogP contribution in [0.1, 0.15) is 35.4 Å². The molecular weight excluding hydrogens is 454 g/mol. The lowest BCUT2D eigenvalue weighted by molar-refractivity contribution is 0.0942. The van der Waals surface area contributed by atoms with Gasteiger partial charge in [-0.25, -0.2) is 4.98 Å². The van der Waals surface area contributed by atoms with Gasteiger partial charge in [0.1, 0.15) is 5.65 Å². The van der Waals surface area contributed by atoms with E-state index in [1.54, 1.807) is 0 Å².